The van der Waals surface area contributed by atoms with Crippen molar-refractivity contribution in [3.8, 4) is 12.1 Å². The number of carbonyl (C=O) groups excluding carboxylic acids is 2. The average molecular weight is 334 g/mol. The zero-order chi connectivity index (χ0) is 17.2. The summed E-state index contributed by atoms with van der Waals surface area (Å²) in [7, 11) is 0. The second kappa shape index (κ2) is 9.91. The zero-order valence-corrected chi connectivity index (χ0v) is 14.4. The van der Waals surface area contributed by atoms with E-state index in [0.717, 1.165) is 6.42 Å². The van der Waals surface area contributed by atoms with E-state index in [2.05, 4.69) is 0 Å². The van der Waals surface area contributed by atoms with Gasteiger partial charge in [0, 0.05) is 24.4 Å². The Morgan fingerprint density at radius 3 is 2.43 bits per heavy atom. The Balaban J connectivity index is 2.85. The third-order valence-electron chi connectivity index (χ3n) is 3.57. The number of carbonyl (C=O) groups is 2. The lowest BCUT2D eigenvalue weighted by Gasteiger charge is -2.29. The van der Waals surface area contributed by atoms with Crippen LogP contribution in [0.4, 0.5) is 0 Å². The smallest absolute Gasteiger partial charge is 0.250 e. The summed E-state index contributed by atoms with van der Waals surface area (Å²) in [5.41, 5.74) is 0.647. The SMILES string of the molecule is CC/C=C(\C)C(=O)N1CSCC1C(=O)N(CCC#N)CCC#N. The Morgan fingerprint density at radius 2 is 1.91 bits per heavy atom. The molecule has 23 heavy (non-hydrogen) atoms. The van der Waals surface area contributed by atoms with E-state index >= 15 is 0 Å². The van der Waals surface area contributed by atoms with E-state index in [9.17, 15) is 9.59 Å². The quantitative estimate of drug-likeness (QED) is 0.664. The van der Waals surface area contributed by atoms with Gasteiger partial charge in [0.1, 0.15) is 6.04 Å². The highest BCUT2D eigenvalue weighted by Gasteiger charge is 2.37. The summed E-state index contributed by atoms with van der Waals surface area (Å²) in [6.07, 6.45) is 3.07. The maximum Gasteiger partial charge on any atom is 0.250 e. The first-order valence-electron chi connectivity index (χ1n) is 7.64. The molecule has 0 aromatic carbocycles. The molecule has 1 fully saturated rings. The van der Waals surface area contributed by atoms with Gasteiger partial charge in [-0.05, 0) is 13.3 Å². The lowest BCUT2D eigenvalue weighted by atomic mass is 10.1. The third-order valence-corrected chi connectivity index (χ3v) is 4.59. The standard InChI is InChI=1S/C16H22N4O2S/c1-3-6-13(2)15(21)20-12-23-11-14(20)16(22)19(9-4-7-17)10-5-8-18/h6,14H,3-5,9-12H2,1-2H3/b13-6+. The maximum atomic E-state index is 12.7. The van der Waals surface area contributed by atoms with Crippen LogP contribution in [0.25, 0.3) is 0 Å². The molecule has 1 aliphatic heterocycles. The van der Waals surface area contributed by atoms with Crippen LogP contribution in [0.15, 0.2) is 11.6 Å². The molecule has 1 heterocycles. The molecule has 1 rings (SSSR count). The van der Waals surface area contributed by atoms with Crippen molar-refractivity contribution < 1.29 is 9.59 Å². The van der Waals surface area contributed by atoms with Gasteiger partial charge in [-0.2, -0.15) is 10.5 Å². The molecule has 0 aromatic rings. The highest BCUT2D eigenvalue weighted by Crippen LogP contribution is 2.24. The Kier molecular flexibility index (Phi) is 8.21. The van der Waals surface area contributed by atoms with Gasteiger partial charge < -0.3 is 9.80 Å². The minimum atomic E-state index is -0.509. The van der Waals surface area contributed by atoms with Crippen LogP contribution in [-0.2, 0) is 9.59 Å². The highest BCUT2D eigenvalue weighted by molar-refractivity contribution is 7.99. The first-order chi connectivity index (χ1) is 11.1. The molecule has 1 unspecified atom stereocenters. The lowest BCUT2D eigenvalue weighted by molar-refractivity contribution is -0.141. The van der Waals surface area contributed by atoms with Crippen LogP contribution in [0, 0.1) is 22.7 Å². The topological polar surface area (TPSA) is 88.2 Å². The number of nitriles is 2. The second-order valence-corrected chi connectivity index (χ2v) is 6.23. The van der Waals surface area contributed by atoms with E-state index in [1.165, 1.54) is 4.90 Å². The van der Waals surface area contributed by atoms with E-state index < -0.39 is 6.04 Å². The predicted octanol–water partition coefficient (Wildman–Crippen LogP) is 1.90. The lowest BCUT2D eigenvalue weighted by Crippen LogP contribution is -2.49. The van der Waals surface area contributed by atoms with Crippen molar-refractivity contribution >= 4 is 23.6 Å². The number of rotatable bonds is 7. The predicted molar refractivity (Wildman–Crippen MR) is 89.0 cm³/mol. The Hall–Kier alpha value is -1.99. The molecule has 124 valence electrons. The number of thioether (sulfide) groups is 1. The molecule has 0 radical (unpaired) electrons. The fourth-order valence-corrected chi connectivity index (χ4v) is 3.53. The van der Waals surface area contributed by atoms with Crippen molar-refractivity contribution in [1.82, 2.24) is 9.80 Å². The van der Waals surface area contributed by atoms with Crippen molar-refractivity contribution in [2.45, 2.75) is 39.2 Å². The van der Waals surface area contributed by atoms with Gasteiger partial charge in [0.05, 0.1) is 30.9 Å². The minimum absolute atomic E-state index is 0.115. The van der Waals surface area contributed by atoms with E-state index in [4.69, 9.17) is 10.5 Å². The molecule has 0 saturated carbocycles. The molecular weight excluding hydrogens is 312 g/mol. The van der Waals surface area contributed by atoms with Gasteiger partial charge >= 0.3 is 0 Å². The molecule has 0 bridgehead atoms. The molecule has 1 atom stereocenters. The van der Waals surface area contributed by atoms with Crippen LogP contribution in [0.2, 0.25) is 0 Å². The molecule has 1 saturated heterocycles. The van der Waals surface area contributed by atoms with Crippen molar-refractivity contribution in [2.24, 2.45) is 0 Å². The number of hydrogen-bond donors (Lipinski definition) is 0. The van der Waals surface area contributed by atoms with Crippen LogP contribution < -0.4 is 0 Å². The van der Waals surface area contributed by atoms with Gasteiger partial charge in [0.15, 0.2) is 0 Å². The minimum Gasteiger partial charge on any atom is -0.339 e. The molecule has 1 aliphatic rings. The number of hydrogen-bond acceptors (Lipinski definition) is 5. The van der Waals surface area contributed by atoms with Crippen molar-refractivity contribution in [1.29, 1.82) is 10.5 Å². The highest BCUT2D eigenvalue weighted by atomic mass is 32.2. The molecule has 7 heteroatoms. The summed E-state index contributed by atoms with van der Waals surface area (Å²) in [6.45, 7) is 4.32. The summed E-state index contributed by atoms with van der Waals surface area (Å²) in [5, 5.41) is 17.5. The van der Waals surface area contributed by atoms with Gasteiger partial charge in [0.2, 0.25) is 5.91 Å². The Labute approximate surface area is 141 Å². The van der Waals surface area contributed by atoms with Crippen molar-refractivity contribution in [3.63, 3.8) is 0 Å². The molecule has 2 amide bonds. The van der Waals surface area contributed by atoms with Crippen molar-refractivity contribution in [2.75, 3.05) is 24.7 Å². The summed E-state index contributed by atoms with van der Waals surface area (Å²) >= 11 is 1.55. The van der Waals surface area contributed by atoms with Crippen LogP contribution in [-0.4, -0.2) is 52.4 Å². The van der Waals surface area contributed by atoms with Crippen LogP contribution in [0.1, 0.15) is 33.1 Å². The summed E-state index contributed by atoms with van der Waals surface area (Å²) in [4.78, 5) is 28.3. The van der Waals surface area contributed by atoms with Gasteiger partial charge in [-0.15, -0.1) is 11.8 Å². The molecule has 6 nitrogen and oxygen atoms in total. The largest absolute Gasteiger partial charge is 0.339 e. The average Bonchev–Trinajstić information content (AvgIpc) is 3.03. The number of allylic oxidation sites excluding steroid dienone is 1. The van der Waals surface area contributed by atoms with E-state index in [-0.39, 0.29) is 24.7 Å². The zero-order valence-electron chi connectivity index (χ0n) is 13.6. The first kappa shape index (κ1) is 19.1. The summed E-state index contributed by atoms with van der Waals surface area (Å²) in [6, 6.07) is 3.53. The van der Waals surface area contributed by atoms with Crippen molar-refractivity contribution in [3.05, 3.63) is 11.6 Å². The van der Waals surface area contributed by atoms with Gasteiger partial charge in [0.25, 0.3) is 5.91 Å². The fourth-order valence-electron chi connectivity index (χ4n) is 2.38. The van der Waals surface area contributed by atoms with Gasteiger partial charge in [-0.25, -0.2) is 0 Å². The molecule has 0 aromatic heterocycles. The second-order valence-electron chi connectivity index (χ2n) is 5.23. The Morgan fingerprint density at radius 1 is 1.30 bits per heavy atom. The normalized spacial score (nSPS) is 17.5. The summed E-state index contributed by atoms with van der Waals surface area (Å²) < 4.78 is 0. The van der Waals surface area contributed by atoms with E-state index in [1.807, 2.05) is 25.1 Å². The van der Waals surface area contributed by atoms with Gasteiger partial charge in [-0.1, -0.05) is 13.0 Å². The molecule has 0 aliphatic carbocycles. The number of amides is 2. The molecule has 0 N–H and O–H groups in total. The maximum absolute atomic E-state index is 12.7. The van der Waals surface area contributed by atoms with Gasteiger partial charge in [-0.3, -0.25) is 9.59 Å². The molecular formula is C16H22N4O2S. The monoisotopic (exact) mass is 334 g/mol. The first-order valence-corrected chi connectivity index (χ1v) is 8.80. The Bertz CT molecular complexity index is 529. The van der Waals surface area contributed by atoms with Crippen LogP contribution in [0.5, 0.6) is 0 Å². The fraction of sp³-hybridized carbons (Fsp3) is 0.625. The van der Waals surface area contributed by atoms with Crippen LogP contribution in [0.3, 0.4) is 0 Å². The van der Waals surface area contributed by atoms with Crippen LogP contribution >= 0.6 is 11.8 Å². The molecule has 0 spiro atoms. The third kappa shape index (κ3) is 5.30. The summed E-state index contributed by atoms with van der Waals surface area (Å²) in [5.74, 6) is 0.766. The van der Waals surface area contributed by atoms with E-state index in [1.54, 1.807) is 23.6 Å². The number of nitrogens with zero attached hydrogens (tertiary/aromatic N) is 4. The van der Waals surface area contributed by atoms with E-state index in [0.29, 0.717) is 30.3 Å².